The fourth-order valence-electron chi connectivity index (χ4n) is 0.523. The summed E-state index contributed by atoms with van der Waals surface area (Å²) >= 11 is 0. The molecule has 0 aliphatic rings. The van der Waals surface area contributed by atoms with E-state index in [1.807, 2.05) is 6.92 Å². The highest BCUT2D eigenvalue weighted by atomic mass is 14.9. The lowest BCUT2D eigenvalue weighted by Crippen LogP contribution is -2.22. The first-order valence-corrected chi connectivity index (χ1v) is 3.08. The van der Waals surface area contributed by atoms with Crippen LogP contribution >= 0.6 is 0 Å². The quantitative estimate of drug-likeness (QED) is 0.589. The van der Waals surface area contributed by atoms with E-state index in [0.29, 0.717) is 6.04 Å². The molecular formula is C7H15N. The van der Waals surface area contributed by atoms with Crippen LogP contribution < -0.4 is 5.32 Å². The topological polar surface area (TPSA) is 12.0 Å². The van der Waals surface area contributed by atoms with E-state index in [0.717, 1.165) is 12.1 Å². The van der Waals surface area contributed by atoms with Crippen LogP contribution in [0.15, 0.2) is 12.3 Å². The molecule has 48 valence electrons. The zero-order valence-corrected chi connectivity index (χ0v) is 5.99. The first-order chi connectivity index (χ1) is 3.66. The van der Waals surface area contributed by atoms with Crippen molar-refractivity contribution in [3.8, 4) is 0 Å². The van der Waals surface area contributed by atoms with E-state index < -0.39 is 0 Å². The van der Waals surface area contributed by atoms with Crippen LogP contribution in [-0.4, -0.2) is 6.04 Å². The molecule has 0 radical (unpaired) electrons. The summed E-state index contributed by atoms with van der Waals surface area (Å²) in [5, 5.41) is 3.20. The first-order valence-electron chi connectivity index (χ1n) is 3.08. The molecule has 0 saturated carbocycles. The summed E-state index contributed by atoms with van der Waals surface area (Å²) in [7, 11) is 0. The lowest BCUT2D eigenvalue weighted by molar-refractivity contribution is 0.597. The first kappa shape index (κ1) is 7.54. The molecule has 1 N–H and O–H groups in total. The molecule has 0 saturated heterocycles. The van der Waals surface area contributed by atoms with E-state index >= 15 is 0 Å². The third kappa shape index (κ3) is 3.72. The molecule has 0 aliphatic heterocycles. The fourth-order valence-corrected chi connectivity index (χ4v) is 0.523. The van der Waals surface area contributed by atoms with E-state index in [9.17, 15) is 0 Å². The van der Waals surface area contributed by atoms with E-state index in [1.54, 1.807) is 0 Å². The summed E-state index contributed by atoms with van der Waals surface area (Å²) in [6, 6.07) is 0.576. The van der Waals surface area contributed by atoms with Crippen LogP contribution in [0.2, 0.25) is 0 Å². The molecule has 0 bridgehead atoms. The highest BCUT2D eigenvalue weighted by Crippen LogP contribution is 1.90. The average molecular weight is 113 g/mol. The highest BCUT2D eigenvalue weighted by molar-refractivity contribution is 4.86. The minimum atomic E-state index is 0.576. The molecule has 0 aromatic carbocycles. The minimum Gasteiger partial charge on any atom is -0.387 e. The SMILES string of the molecule is C=C(C)NC(C)CC. The number of allylic oxidation sites excluding steroid dienone is 1. The number of hydrogen-bond donors (Lipinski definition) is 1. The van der Waals surface area contributed by atoms with Crippen molar-refractivity contribution in [1.82, 2.24) is 5.32 Å². The number of hydrogen-bond acceptors (Lipinski definition) is 1. The Bertz CT molecular complexity index is 76.5. The van der Waals surface area contributed by atoms with Crippen LogP contribution in [0.1, 0.15) is 27.2 Å². The van der Waals surface area contributed by atoms with Crippen molar-refractivity contribution in [2.75, 3.05) is 0 Å². The molecule has 1 nitrogen and oxygen atoms in total. The molecule has 0 fully saturated rings. The van der Waals surface area contributed by atoms with Crippen LogP contribution in [0, 0.1) is 0 Å². The second-order valence-electron chi connectivity index (χ2n) is 2.23. The minimum absolute atomic E-state index is 0.576. The zero-order valence-electron chi connectivity index (χ0n) is 5.99. The van der Waals surface area contributed by atoms with Crippen molar-refractivity contribution in [2.45, 2.75) is 33.2 Å². The Kier molecular flexibility index (Phi) is 3.33. The average Bonchev–Trinajstić information content (AvgIpc) is 1.65. The van der Waals surface area contributed by atoms with Gasteiger partial charge >= 0.3 is 0 Å². The van der Waals surface area contributed by atoms with Crippen LogP contribution in [0.25, 0.3) is 0 Å². The van der Waals surface area contributed by atoms with E-state index in [2.05, 4.69) is 25.7 Å². The van der Waals surface area contributed by atoms with Crippen LogP contribution in [-0.2, 0) is 0 Å². The second-order valence-corrected chi connectivity index (χ2v) is 2.23. The van der Waals surface area contributed by atoms with Gasteiger partial charge in [0.15, 0.2) is 0 Å². The standard InChI is InChI=1S/C7H15N/c1-5-7(4)8-6(2)3/h7-8H,2,5H2,1,3-4H3. The van der Waals surface area contributed by atoms with Gasteiger partial charge in [-0.25, -0.2) is 0 Å². The monoisotopic (exact) mass is 113 g/mol. The molecule has 0 aliphatic carbocycles. The summed E-state index contributed by atoms with van der Waals surface area (Å²) in [5.74, 6) is 0. The van der Waals surface area contributed by atoms with Gasteiger partial charge in [-0.2, -0.15) is 0 Å². The molecule has 8 heavy (non-hydrogen) atoms. The van der Waals surface area contributed by atoms with Gasteiger partial charge in [0.05, 0.1) is 0 Å². The number of rotatable bonds is 3. The van der Waals surface area contributed by atoms with E-state index in [1.165, 1.54) is 0 Å². The summed E-state index contributed by atoms with van der Waals surface area (Å²) in [6.45, 7) is 10.0. The van der Waals surface area contributed by atoms with Gasteiger partial charge < -0.3 is 5.32 Å². The molecule has 0 aromatic rings. The van der Waals surface area contributed by atoms with Gasteiger partial charge in [0.25, 0.3) is 0 Å². The van der Waals surface area contributed by atoms with Gasteiger partial charge in [0, 0.05) is 11.7 Å². The molecule has 0 heterocycles. The van der Waals surface area contributed by atoms with Gasteiger partial charge in [0.2, 0.25) is 0 Å². The van der Waals surface area contributed by atoms with Gasteiger partial charge in [-0.05, 0) is 20.3 Å². The van der Waals surface area contributed by atoms with Crippen molar-refractivity contribution < 1.29 is 0 Å². The maximum Gasteiger partial charge on any atom is 0.0227 e. The third-order valence-electron chi connectivity index (χ3n) is 1.11. The largest absolute Gasteiger partial charge is 0.387 e. The molecule has 1 heteroatoms. The van der Waals surface area contributed by atoms with Gasteiger partial charge in [-0.1, -0.05) is 13.5 Å². The Morgan fingerprint density at radius 3 is 2.38 bits per heavy atom. The van der Waals surface area contributed by atoms with Crippen LogP contribution in [0.5, 0.6) is 0 Å². The molecular weight excluding hydrogens is 98.1 g/mol. The van der Waals surface area contributed by atoms with Crippen molar-refractivity contribution in [3.63, 3.8) is 0 Å². The molecule has 0 rings (SSSR count). The normalized spacial score (nSPS) is 12.9. The van der Waals surface area contributed by atoms with Crippen molar-refractivity contribution in [2.24, 2.45) is 0 Å². The zero-order chi connectivity index (χ0) is 6.57. The van der Waals surface area contributed by atoms with E-state index in [4.69, 9.17) is 0 Å². The lowest BCUT2D eigenvalue weighted by Gasteiger charge is -2.10. The molecule has 0 aromatic heterocycles. The molecule has 0 spiro atoms. The van der Waals surface area contributed by atoms with Crippen LogP contribution in [0.3, 0.4) is 0 Å². The van der Waals surface area contributed by atoms with Gasteiger partial charge in [-0.15, -0.1) is 0 Å². The second kappa shape index (κ2) is 3.53. The van der Waals surface area contributed by atoms with Crippen molar-refractivity contribution in [1.29, 1.82) is 0 Å². The van der Waals surface area contributed by atoms with Crippen molar-refractivity contribution in [3.05, 3.63) is 12.3 Å². The highest BCUT2D eigenvalue weighted by Gasteiger charge is 1.92. The predicted molar refractivity (Wildman–Crippen MR) is 37.7 cm³/mol. The Labute approximate surface area is 51.8 Å². The van der Waals surface area contributed by atoms with Gasteiger partial charge in [0.1, 0.15) is 0 Å². The number of nitrogens with one attached hydrogen (secondary N) is 1. The Morgan fingerprint density at radius 1 is 1.75 bits per heavy atom. The molecule has 1 atom stereocenters. The summed E-state index contributed by atoms with van der Waals surface area (Å²) in [5.41, 5.74) is 1.05. The van der Waals surface area contributed by atoms with Crippen LogP contribution in [0.4, 0.5) is 0 Å². The maximum absolute atomic E-state index is 3.73. The fraction of sp³-hybridized carbons (Fsp3) is 0.714. The molecule has 1 unspecified atom stereocenters. The summed E-state index contributed by atoms with van der Waals surface area (Å²) in [4.78, 5) is 0. The lowest BCUT2D eigenvalue weighted by atomic mass is 10.2. The van der Waals surface area contributed by atoms with E-state index in [-0.39, 0.29) is 0 Å². The van der Waals surface area contributed by atoms with Crippen molar-refractivity contribution >= 4 is 0 Å². The summed E-state index contributed by atoms with van der Waals surface area (Å²) < 4.78 is 0. The smallest absolute Gasteiger partial charge is 0.0227 e. The third-order valence-corrected chi connectivity index (χ3v) is 1.11. The molecule has 0 amide bonds. The maximum atomic E-state index is 3.73. The Balaban J connectivity index is 3.24. The Hall–Kier alpha value is -0.460. The summed E-state index contributed by atoms with van der Waals surface area (Å²) in [6.07, 6.45) is 1.16. The van der Waals surface area contributed by atoms with Gasteiger partial charge in [-0.3, -0.25) is 0 Å². The predicted octanol–water partition coefficient (Wildman–Crippen LogP) is 1.91. The Morgan fingerprint density at radius 2 is 2.25 bits per heavy atom.